The fourth-order valence-corrected chi connectivity index (χ4v) is 3.81. The second-order valence-electron chi connectivity index (χ2n) is 5.34. The van der Waals surface area contributed by atoms with Gasteiger partial charge >= 0.3 is 5.97 Å². The highest BCUT2D eigenvalue weighted by atomic mass is 32.2. The number of benzene rings is 2. The van der Waals surface area contributed by atoms with E-state index < -0.39 is 22.0 Å². The van der Waals surface area contributed by atoms with Gasteiger partial charge in [-0.1, -0.05) is 50.2 Å². The van der Waals surface area contributed by atoms with Gasteiger partial charge in [0.1, 0.15) is 6.04 Å². The molecule has 1 unspecified atom stereocenters. The van der Waals surface area contributed by atoms with E-state index in [1.165, 1.54) is 13.2 Å². The van der Waals surface area contributed by atoms with E-state index in [0.717, 1.165) is 5.39 Å². The third kappa shape index (κ3) is 3.28. The highest BCUT2D eigenvalue weighted by Gasteiger charge is 2.29. The SMILES string of the molecule is COC(=O)C(NS(=O)(=O)c1cccc2ccccc12)C(C)C. The van der Waals surface area contributed by atoms with Crippen molar-refractivity contribution in [1.82, 2.24) is 4.72 Å². The highest BCUT2D eigenvalue weighted by molar-refractivity contribution is 7.89. The Morgan fingerprint density at radius 3 is 2.36 bits per heavy atom. The molecule has 0 fully saturated rings. The third-order valence-electron chi connectivity index (χ3n) is 3.44. The number of esters is 1. The Bertz CT molecular complexity index is 778. The largest absolute Gasteiger partial charge is 0.468 e. The minimum atomic E-state index is -3.84. The van der Waals surface area contributed by atoms with E-state index in [4.69, 9.17) is 0 Å². The number of nitrogens with one attached hydrogen (secondary N) is 1. The van der Waals surface area contributed by atoms with Crippen LogP contribution in [0.3, 0.4) is 0 Å². The first-order chi connectivity index (χ1) is 10.4. The van der Waals surface area contributed by atoms with E-state index in [9.17, 15) is 13.2 Å². The molecule has 2 rings (SSSR count). The van der Waals surface area contributed by atoms with Crippen LogP contribution in [0.2, 0.25) is 0 Å². The van der Waals surface area contributed by atoms with Crippen molar-refractivity contribution in [2.75, 3.05) is 7.11 Å². The van der Waals surface area contributed by atoms with E-state index >= 15 is 0 Å². The molecule has 1 atom stereocenters. The van der Waals surface area contributed by atoms with Gasteiger partial charge in [-0.2, -0.15) is 4.72 Å². The van der Waals surface area contributed by atoms with E-state index in [1.54, 1.807) is 32.0 Å². The van der Waals surface area contributed by atoms with Crippen LogP contribution in [0.15, 0.2) is 47.4 Å². The van der Waals surface area contributed by atoms with Gasteiger partial charge < -0.3 is 4.74 Å². The molecule has 0 aromatic heterocycles. The smallest absolute Gasteiger partial charge is 0.324 e. The molecule has 2 aromatic rings. The molecule has 0 heterocycles. The Morgan fingerprint density at radius 1 is 1.09 bits per heavy atom. The molecule has 1 N–H and O–H groups in total. The molecule has 0 aliphatic carbocycles. The number of carbonyl (C=O) groups is 1. The lowest BCUT2D eigenvalue weighted by Gasteiger charge is -2.20. The zero-order chi connectivity index (χ0) is 16.3. The molecule has 2 aromatic carbocycles. The van der Waals surface area contributed by atoms with Crippen molar-refractivity contribution in [3.63, 3.8) is 0 Å². The van der Waals surface area contributed by atoms with Gasteiger partial charge in [-0.25, -0.2) is 8.42 Å². The lowest BCUT2D eigenvalue weighted by atomic mass is 10.1. The number of methoxy groups -OCH3 is 1. The van der Waals surface area contributed by atoms with Crippen molar-refractivity contribution in [3.05, 3.63) is 42.5 Å². The van der Waals surface area contributed by atoms with Crippen LogP contribution in [-0.4, -0.2) is 27.5 Å². The first-order valence-corrected chi connectivity index (χ1v) is 8.43. The van der Waals surface area contributed by atoms with Gasteiger partial charge in [0, 0.05) is 5.39 Å². The van der Waals surface area contributed by atoms with Gasteiger partial charge in [0.2, 0.25) is 10.0 Å². The quantitative estimate of drug-likeness (QED) is 0.858. The lowest BCUT2D eigenvalue weighted by Crippen LogP contribution is -2.44. The summed E-state index contributed by atoms with van der Waals surface area (Å²) in [5, 5.41) is 1.44. The van der Waals surface area contributed by atoms with Crippen LogP contribution in [0.25, 0.3) is 10.8 Å². The molecule has 0 aliphatic rings. The summed E-state index contributed by atoms with van der Waals surface area (Å²) >= 11 is 0. The Labute approximate surface area is 130 Å². The summed E-state index contributed by atoms with van der Waals surface area (Å²) in [5.41, 5.74) is 0. The van der Waals surface area contributed by atoms with E-state index in [2.05, 4.69) is 9.46 Å². The van der Waals surface area contributed by atoms with Gasteiger partial charge in [-0.15, -0.1) is 0 Å². The van der Waals surface area contributed by atoms with Crippen molar-refractivity contribution in [2.45, 2.75) is 24.8 Å². The summed E-state index contributed by atoms with van der Waals surface area (Å²) < 4.78 is 32.5. The van der Waals surface area contributed by atoms with Gasteiger partial charge in [-0.05, 0) is 17.4 Å². The lowest BCUT2D eigenvalue weighted by molar-refractivity contribution is -0.143. The van der Waals surface area contributed by atoms with Gasteiger partial charge in [0.25, 0.3) is 0 Å². The van der Waals surface area contributed by atoms with Crippen LogP contribution in [0.4, 0.5) is 0 Å². The van der Waals surface area contributed by atoms with Crippen LogP contribution >= 0.6 is 0 Å². The Hall–Kier alpha value is -1.92. The predicted molar refractivity (Wildman–Crippen MR) is 84.9 cm³/mol. The van der Waals surface area contributed by atoms with E-state index in [-0.39, 0.29) is 10.8 Å². The molecule has 0 radical (unpaired) electrons. The number of hydrogen-bond acceptors (Lipinski definition) is 4. The molecule has 118 valence electrons. The zero-order valence-corrected chi connectivity index (χ0v) is 13.6. The summed E-state index contributed by atoms with van der Waals surface area (Å²) in [6, 6.07) is 11.3. The molecule has 0 saturated carbocycles. The minimum Gasteiger partial charge on any atom is -0.468 e. The summed E-state index contributed by atoms with van der Waals surface area (Å²) in [4.78, 5) is 11.9. The van der Waals surface area contributed by atoms with Crippen LogP contribution in [0, 0.1) is 5.92 Å². The van der Waals surface area contributed by atoms with Crippen LogP contribution in [0.1, 0.15) is 13.8 Å². The number of hydrogen-bond donors (Lipinski definition) is 1. The number of rotatable bonds is 5. The molecule has 5 nitrogen and oxygen atoms in total. The normalized spacial score (nSPS) is 13.3. The summed E-state index contributed by atoms with van der Waals surface area (Å²) in [6.45, 7) is 3.51. The van der Waals surface area contributed by atoms with Crippen molar-refractivity contribution in [2.24, 2.45) is 5.92 Å². The van der Waals surface area contributed by atoms with Crippen molar-refractivity contribution >= 4 is 26.8 Å². The zero-order valence-electron chi connectivity index (χ0n) is 12.7. The molecule has 0 spiro atoms. The fraction of sp³-hybridized carbons (Fsp3) is 0.312. The first-order valence-electron chi connectivity index (χ1n) is 6.94. The third-order valence-corrected chi connectivity index (χ3v) is 4.94. The van der Waals surface area contributed by atoms with Gasteiger partial charge in [0.05, 0.1) is 12.0 Å². The molecule has 6 heteroatoms. The fourth-order valence-electron chi connectivity index (χ4n) is 2.24. The van der Waals surface area contributed by atoms with Crippen molar-refractivity contribution < 1.29 is 17.9 Å². The van der Waals surface area contributed by atoms with Crippen molar-refractivity contribution in [3.8, 4) is 0 Å². The number of sulfonamides is 1. The molecule has 22 heavy (non-hydrogen) atoms. The average Bonchev–Trinajstić information content (AvgIpc) is 2.51. The topological polar surface area (TPSA) is 72.5 Å². The summed E-state index contributed by atoms with van der Waals surface area (Å²) in [7, 11) is -2.60. The maximum Gasteiger partial charge on any atom is 0.324 e. The van der Waals surface area contributed by atoms with E-state index in [1.807, 2.05) is 18.2 Å². The minimum absolute atomic E-state index is 0.153. The number of fused-ring (bicyclic) bond motifs is 1. The molecule has 0 bridgehead atoms. The Kier molecular flexibility index (Phi) is 4.83. The van der Waals surface area contributed by atoms with Crippen molar-refractivity contribution in [1.29, 1.82) is 0 Å². The monoisotopic (exact) mass is 321 g/mol. The standard InChI is InChI=1S/C16H19NO4S/c1-11(2)15(16(18)21-3)17-22(19,20)14-10-6-8-12-7-4-5-9-13(12)14/h4-11,15,17H,1-3H3. The molecule has 0 saturated heterocycles. The average molecular weight is 321 g/mol. The molecular weight excluding hydrogens is 302 g/mol. The molecular formula is C16H19NO4S. The van der Waals surface area contributed by atoms with E-state index in [0.29, 0.717) is 5.39 Å². The Balaban J connectivity index is 2.47. The van der Waals surface area contributed by atoms with Gasteiger partial charge in [-0.3, -0.25) is 4.79 Å². The number of ether oxygens (including phenoxy) is 1. The summed E-state index contributed by atoms with van der Waals surface area (Å²) in [5.74, 6) is -0.823. The Morgan fingerprint density at radius 2 is 1.73 bits per heavy atom. The highest BCUT2D eigenvalue weighted by Crippen LogP contribution is 2.23. The van der Waals surface area contributed by atoms with Crippen LogP contribution in [-0.2, 0) is 19.6 Å². The maximum absolute atomic E-state index is 12.7. The van der Waals surface area contributed by atoms with Crippen LogP contribution < -0.4 is 4.72 Å². The molecule has 0 amide bonds. The maximum atomic E-state index is 12.7. The number of carbonyl (C=O) groups excluding carboxylic acids is 1. The molecule has 0 aliphatic heterocycles. The summed E-state index contributed by atoms with van der Waals surface area (Å²) in [6.07, 6.45) is 0. The first kappa shape index (κ1) is 16.5. The predicted octanol–water partition coefficient (Wildman–Crippen LogP) is 2.32. The second kappa shape index (κ2) is 6.46. The second-order valence-corrected chi connectivity index (χ2v) is 7.03. The van der Waals surface area contributed by atoms with Crippen LogP contribution in [0.5, 0.6) is 0 Å². The van der Waals surface area contributed by atoms with Gasteiger partial charge in [0.15, 0.2) is 0 Å².